The molecule has 7 nitrogen and oxygen atoms in total. The Balaban J connectivity index is 0.00000289. The van der Waals surface area contributed by atoms with Gasteiger partial charge in [0.15, 0.2) is 12.4 Å². The second-order valence-corrected chi connectivity index (χ2v) is 9.37. The van der Waals surface area contributed by atoms with E-state index >= 15 is 0 Å². The molecule has 35 heavy (non-hydrogen) atoms. The maximum absolute atomic E-state index is 12.8. The maximum Gasteiger partial charge on any atom is 0.323 e. The third kappa shape index (κ3) is 5.24. The van der Waals surface area contributed by atoms with Gasteiger partial charge in [-0.05, 0) is 43.0 Å². The van der Waals surface area contributed by atoms with Crippen molar-refractivity contribution in [2.75, 3.05) is 26.8 Å². The number of aliphatic hydroxyl groups is 1. The van der Waals surface area contributed by atoms with E-state index in [2.05, 4.69) is 0 Å². The molecule has 2 heterocycles. The molecule has 3 aliphatic rings. The Morgan fingerprint density at radius 2 is 2.00 bits per heavy atom. The van der Waals surface area contributed by atoms with Crippen molar-refractivity contribution in [2.45, 2.75) is 38.3 Å². The Morgan fingerprint density at radius 1 is 1.17 bits per heavy atom. The number of rotatable bonds is 6. The molecule has 1 fully saturated rings. The largest absolute Gasteiger partial charge is 0.490 e. The number of likely N-dealkylation sites (tertiary alicyclic amines) is 1. The molecule has 2 atom stereocenters. The molecular formula is C27H28NO6Y-. The first-order chi connectivity index (χ1) is 16.4. The minimum atomic E-state index is -0.400. The average Bonchev–Trinajstić information content (AvgIpc) is 3.21. The second-order valence-electron chi connectivity index (χ2n) is 9.37. The van der Waals surface area contributed by atoms with Gasteiger partial charge in [-0.3, -0.25) is 14.5 Å². The van der Waals surface area contributed by atoms with Gasteiger partial charge in [0.2, 0.25) is 0 Å². The molecule has 8 heteroatoms. The van der Waals surface area contributed by atoms with Crippen molar-refractivity contribution in [1.82, 2.24) is 4.90 Å². The molecule has 0 bridgehead atoms. The zero-order valence-corrected chi connectivity index (χ0v) is 22.6. The molecule has 0 saturated carbocycles. The van der Waals surface area contributed by atoms with Crippen molar-refractivity contribution >= 4 is 17.5 Å². The van der Waals surface area contributed by atoms with Gasteiger partial charge in [-0.2, -0.15) is 6.42 Å². The Hall–Kier alpha value is -2.06. The molecule has 1 aliphatic carbocycles. The fourth-order valence-electron chi connectivity index (χ4n) is 5.25. The molecule has 0 unspecified atom stereocenters. The number of nitrogens with zero attached hydrogens (tertiary/aromatic N) is 1. The molecular weight excluding hydrogens is 523 g/mol. The molecule has 0 amide bonds. The van der Waals surface area contributed by atoms with Crippen LogP contribution < -0.4 is 4.74 Å². The zero-order chi connectivity index (χ0) is 23.8. The third-order valence-corrected chi connectivity index (χ3v) is 7.10. The molecule has 0 aromatic heterocycles. The van der Waals surface area contributed by atoms with Gasteiger partial charge in [0.05, 0.1) is 0 Å². The Labute approximate surface area is 230 Å². The van der Waals surface area contributed by atoms with Crippen LogP contribution in [0.1, 0.15) is 51.1 Å². The number of likely N-dealkylation sites (N-methyl/N-ethyl adjacent to an activating group) is 1. The number of Topliss-reactive ketones (excluding diaryl/α,β-unsaturated/α-hetero) is 2. The molecule has 2 aromatic rings. The van der Waals surface area contributed by atoms with Crippen molar-refractivity contribution in [3.05, 3.63) is 59.0 Å². The van der Waals surface area contributed by atoms with Crippen LogP contribution in [0.4, 0.5) is 0 Å². The summed E-state index contributed by atoms with van der Waals surface area (Å²) >= 11 is 0. The minimum Gasteiger partial charge on any atom is -0.490 e. The molecule has 181 valence electrons. The van der Waals surface area contributed by atoms with Gasteiger partial charge in [0.25, 0.3) is 0 Å². The molecule has 2 aromatic carbocycles. The van der Waals surface area contributed by atoms with Crippen LogP contribution in [0.5, 0.6) is 5.75 Å². The second kappa shape index (κ2) is 10.9. The van der Waals surface area contributed by atoms with Gasteiger partial charge in [0.1, 0.15) is 18.4 Å². The van der Waals surface area contributed by atoms with Crippen molar-refractivity contribution in [3.8, 4) is 16.9 Å². The predicted molar refractivity (Wildman–Crippen MR) is 125 cm³/mol. The van der Waals surface area contributed by atoms with E-state index in [1.165, 1.54) is 0 Å². The van der Waals surface area contributed by atoms with Gasteiger partial charge < -0.3 is 19.4 Å². The molecule has 1 saturated heterocycles. The summed E-state index contributed by atoms with van der Waals surface area (Å²) in [6, 6.07) is 8.92. The van der Waals surface area contributed by atoms with Crippen LogP contribution in [0.25, 0.3) is 11.1 Å². The van der Waals surface area contributed by atoms with E-state index in [1.54, 1.807) is 18.6 Å². The summed E-state index contributed by atoms with van der Waals surface area (Å²) in [6.07, 6.45) is 4.57. The third-order valence-electron chi connectivity index (χ3n) is 7.10. The summed E-state index contributed by atoms with van der Waals surface area (Å²) in [6.45, 7) is 0.829. The summed E-state index contributed by atoms with van der Waals surface area (Å²) in [4.78, 5) is 39.4. The van der Waals surface area contributed by atoms with E-state index in [9.17, 15) is 14.4 Å². The maximum atomic E-state index is 12.8. The van der Waals surface area contributed by atoms with E-state index in [4.69, 9.17) is 14.6 Å². The van der Waals surface area contributed by atoms with Crippen LogP contribution >= 0.6 is 0 Å². The van der Waals surface area contributed by atoms with Gasteiger partial charge >= 0.3 is 5.97 Å². The first-order valence-corrected chi connectivity index (χ1v) is 11.8. The normalized spacial score (nSPS) is 20.5. The number of carbonyl (C=O) groups excluding carboxylic acids is 3. The first-order valence-electron chi connectivity index (χ1n) is 11.8. The van der Waals surface area contributed by atoms with Crippen LogP contribution in [-0.4, -0.2) is 60.4 Å². The molecule has 0 spiro atoms. The van der Waals surface area contributed by atoms with E-state index in [0.29, 0.717) is 36.3 Å². The average molecular weight is 551 g/mol. The standard InChI is InChI=1S/C27H28NO6.Y/c1-28-13-16(7-8-29)9-23(28)27(32)34-15-25(31)18-5-6-20-19(10-18)14-33-26-12-21-17(11-22(20)26)3-2-4-24(21)30;/h4-6,10-12,16,23,29H,2-3,7-9,13-15H2,1H3;/q-1;/t16-,23-;/m0./s1. The zero-order valence-electron chi connectivity index (χ0n) is 19.8. The van der Waals surface area contributed by atoms with Crippen LogP contribution in [-0.2, 0) is 55.3 Å². The van der Waals surface area contributed by atoms with Crippen LogP contribution in [0.3, 0.4) is 0 Å². The fraction of sp³-hybridized carbons (Fsp3) is 0.407. The van der Waals surface area contributed by atoms with Crippen molar-refractivity contribution < 1.29 is 61.7 Å². The number of ketones is 2. The number of carbonyl (C=O) groups is 3. The number of fused-ring (bicyclic) bond motifs is 4. The Bertz CT molecular complexity index is 1160. The molecule has 5 rings (SSSR count). The SMILES string of the molecule is CN1C[C@@H](CCO)C[C@H]1C(=O)OCC(=O)c1ccc2c(c1)COc1cc3c(cc1-2)CC[CH-]C3=O.[Y]. The number of hydrogen-bond donors (Lipinski definition) is 1. The van der Waals surface area contributed by atoms with E-state index in [-0.39, 0.29) is 69.4 Å². The van der Waals surface area contributed by atoms with Crippen LogP contribution in [0, 0.1) is 12.3 Å². The number of hydrogen-bond acceptors (Lipinski definition) is 7. The summed E-state index contributed by atoms with van der Waals surface area (Å²) in [5.41, 5.74) is 5.01. The summed E-state index contributed by atoms with van der Waals surface area (Å²) < 4.78 is 11.3. The summed E-state index contributed by atoms with van der Waals surface area (Å²) in [5, 5.41) is 9.14. The van der Waals surface area contributed by atoms with Gasteiger partial charge in [-0.25, -0.2) is 0 Å². The fourth-order valence-corrected chi connectivity index (χ4v) is 5.25. The van der Waals surface area contributed by atoms with E-state index in [1.807, 2.05) is 30.1 Å². The van der Waals surface area contributed by atoms with Crippen LogP contribution in [0.15, 0.2) is 30.3 Å². The molecule has 1 N–H and O–H groups in total. The first kappa shape index (κ1) is 26.0. The van der Waals surface area contributed by atoms with Gasteiger partial charge in [-0.1, -0.05) is 37.1 Å². The number of esters is 1. The van der Waals surface area contributed by atoms with E-state index < -0.39 is 5.97 Å². The van der Waals surface area contributed by atoms with Crippen LogP contribution in [0.2, 0.25) is 0 Å². The Morgan fingerprint density at radius 3 is 2.80 bits per heavy atom. The van der Waals surface area contributed by atoms with Crippen molar-refractivity contribution in [3.63, 3.8) is 0 Å². The van der Waals surface area contributed by atoms with Crippen molar-refractivity contribution in [1.29, 1.82) is 0 Å². The van der Waals surface area contributed by atoms with Gasteiger partial charge in [0, 0.05) is 62.8 Å². The number of benzene rings is 2. The van der Waals surface area contributed by atoms with Gasteiger partial charge in [-0.15, -0.1) is 11.1 Å². The molecule has 1 radical (unpaired) electrons. The quantitative estimate of drug-likeness (QED) is 0.335. The smallest absolute Gasteiger partial charge is 0.323 e. The summed E-state index contributed by atoms with van der Waals surface area (Å²) in [5.74, 6) is 0.322. The Kier molecular flexibility index (Phi) is 8.11. The topological polar surface area (TPSA) is 93.1 Å². The summed E-state index contributed by atoms with van der Waals surface area (Å²) in [7, 11) is 1.86. The number of aliphatic hydroxyl groups excluding tert-OH is 1. The van der Waals surface area contributed by atoms with E-state index in [0.717, 1.165) is 41.6 Å². The molecule has 2 aliphatic heterocycles. The monoisotopic (exact) mass is 551 g/mol. The minimum absolute atomic E-state index is 0. The number of aryl methyl sites for hydroxylation is 1. The number of ether oxygens (including phenoxy) is 2. The predicted octanol–water partition coefficient (Wildman–Crippen LogP) is 3.01. The van der Waals surface area contributed by atoms with Crippen molar-refractivity contribution in [2.24, 2.45) is 5.92 Å².